The van der Waals surface area contributed by atoms with Gasteiger partial charge in [-0.05, 0) is 32.6 Å². The van der Waals surface area contributed by atoms with Crippen LogP contribution in [0.1, 0.15) is 26.7 Å². The summed E-state index contributed by atoms with van der Waals surface area (Å²) in [7, 11) is 0. The van der Waals surface area contributed by atoms with Gasteiger partial charge in [0.25, 0.3) is 0 Å². The SMILES string of the molecule is CC(C)(O)C1CC(N)(I)C1. The minimum absolute atomic E-state index is 0.0393. The van der Waals surface area contributed by atoms with Crippen molar-refractivity contribution in [3.05, 3.63) is 0 Å². The smallest absolute Gasteiger partial charge is 0.0688 e. The lowest BCUT2D eigenvalue weighted by Gasteiger charge is -2.46. The van der Waals surface area contributed by atoms with Crippen LogP contribution in [0.3, 0.4) is 0 Å². The number of halogens is 1. The summed E-state index contributed by atoms with van der Waals surface area (Å²) in [6.07, 6.45) is 1.88. The predicted molar refractivity (Wildman–Crippen MR) is 50.0 cm³/mol. The molecule has 60 valence electrons. The molecule has 0 aliphatic heterocycles. The number of hydrogen-bond donors (Lipinski definition) is 2. The van der Waals surface area contributed by atoms with Crippen molar-refractivity contribution in [1.29, 1.82) is 0 Å². The molecular weight excluding hydrogens is 241 g/mol. The molecule has 0 heterocycles. The van der Waals surface area contributed by atoms with Gasteiger partial charge in [-0.25, -0.2) is 0 Å². The zero-order valence-electron chi connectivity index (χ0n) is 6.39. The van der Waals surface area contributed by atoms with Gasteiger partial charge in [-0.1, -0.05) is 22.6 Å². The molecule has 0 aromatic carbocycles. The molecule has 3 heteroatoms. The molecule has 0 spiro atoms. The lowest BCUT2D eigenvalue weighted by atomic mass is 9.71. The molecule has 3 N–H and O–H groups in total. The van der Waals surface area contributed by atoms with Crippen molar-refractivity contribution in [3.8, 4) is 0 Å². The van der Waals surface area contributed by atoms with Gasteiger partial charge in [-0.3, -0.25) is 0 Å². The minimum atomic E-state index is -0.534. The van der Waals surface area contributed by atoms with Crippen molar-refractivity contribution >= 4 is 22.6 Å². The van der Waals surface area contributed by atoms with Gasteiger partial charge in [-0.2, -0.15) is 0 Å². The minimum Gasteiger partial charge on any atom is -0.390 e. The van der Waals surface area contributed by atoms with Crippen LogP contribution >= 0.6 is 22.6 Å². The number of aliphatic hydroxyl groups is 1. The fourth-order valence-electron chi connectivity index (χ4n) is 1.26. The van der Waals surface area contributed by atoms with Crippen molar-refractivity contribution in [3.63, 3.8) is 0 Å². The standard InChI is InChI=1S/C7H14INO/c1-6(2,10)5-3-7(8,9)4-5/h5,10H,3-4,9H2,1-2H3. The quantitative estimate of drug-likeness (QED) is 0.421. The van der Waals surface area contributed by atoms with Crippen LogP contribution in [0.15, 0.2) is 0 Å². The molecule has 0 atom stereocenters. The van der Waals surface area contributed by atoms with E-state index in [-0.39, 0.29) is 3.55 Å². The van der Waals surface area contributed by atoms with Gasteiger partial charge in [0.2, 0.25) is 0 Å². The van der Waals surface area contributed by atoms with Gasteiger partial charge in [-0.15, -0.1) is 0 Å². The van der Waals surface area contributed by atoms with Crippen LogP contribution in [-0.2, 0) is 0 Å². The first-order valence-electron chi connectivity index (χ1n) is 3.51. The van der Waals surface area contributed by atoms with E-state index >= 15 is 0 Å². The Kier molecular flexibility index (Phi) is 2.03. The molecule has 0 amide bonds. The van der Waals surface area contributed by atoms with E-state index in [0.717, 1.165) is 12.8 Å². The third-order valence-electron chi connectivity index (χ3n) is 2.17. The Balaban J connectivity index is 2.40. The molecule has 1 aliphatic carbocycles. The lowest BCUT2D eigenvalue weighted by Crippen LogP contribution is -2.53. The van der Waals surface area contributed by atoms with E-state index in [1.807, 2.05) is 13.8 Å². The molecule has 0 aromatic heterocycles. The van der Waals surface area contributed by atoms with E-state index in [9.17, 15) is 5.11 Å². The largest absolute Gasteiger partial charge is 0.390 e. The van der Waals surface area contributed by atoms with Gasteiger partial charge in [0.05, 0.1) is 9.15 Å². The van der Waals surface area contributed by atoms with Gasteiger partial charge in [0, 0.05) is 0 Å². The predicted octanol–water partition coefficient (Wildman–Crippen LogP) is 1.26. The molecular formula is C7H14INO. The molecule has 0 unspecified atom stereocenters. The third kappa shape index (κ3) is 1.83. The highest BCUT2D eigenvalue weighted by Crippen LogP contribution is 2.45. The van der Waals surface area contributed by atoms with Crippen LogP contribution in [0, 0.1) is 5.92 Å². The topological polar surface area (TPSA) is 46.2 Å². The summed E-state index contributed by atoms with van der Waals surface area (Å²) in [5.41, 5.74) is 5.25. The van der Waals surface area contributed by atoms with Crippen molar-refractivity contribution in [2.75, 3.05) is 0 Å². The summed E-state index contributed by atoms with van der Waals surface area (Å²) in [4.78, 5) is 0. The van der Waals surface area contributed by atoms with E-state index in [2.05, 4.69) is 22.6 Å². The second-order valence-electron chi connectivity index (χ2n) is 3.79. The molecule has 0 aromatic rings. The van der Waals surface area contributed by atoms with E-state index in [4.69, 9.17) is 5.73 Å². The van der Waals surface area contributed by atoms with E-state index < -0.39 is 5.60 Å². The summed E-state index contributed by atoms with van der Waals surface area (Å²) < 4.78 is -0.0393. The maximum Gasteiger partial charge on any atom is 0.0688 e. The summed E-state index contributed by atoms with van der Waals surface area (Å²) >= 11 is 2.25. The second-order valence-corrected chi connectivity index (χ2v) is 5.94. The molecule has 2 nitrogen and oxygen atoms in total. The Morgan fingerprint density at radius 3 is 2.10 bits per heavy atom. The molecule has 10 heavy (non-hydrogen) atoms. The molecule has 1 saturated carbocycles. The Morgan fingerprint density at radius 2 is 2.00 bits per heavy atom. The zero-order valence-corrected chi connectivity index (χ0v) is 8.55. The summed E-state index contributed by atoms with van der Waals surface area (Å²) in [5, 5.41) is 9.51. The average Bonchev–Trinajstić information content (AvgIpc) is 1.56. The molecule has 1 aliphatic rings. The highest BCUT2D eigenvalue weighted by molar-refractivity contribution is 14.1. The lowest BCUT2D eigenvalue weighted by molar-refractivity contribution is -0.0291. The van der Waals surface area contributed by atoms with Gasteiger partial charge >= 0.3 is 0 Å². The van der Waals surface area contributed by atoms with Crippen LogP contribution in [0.4, 0.5) is 0 Å². The molecule has 1 fully saturated rings. The maximum atomic E-state index is 9.51. The Morgan fingerprint density at radius 1 is 1.60 bits per heavy atom. The third-order valence-corrected chi connectivity index (χ3v) is 3.05. The van der Waals surface area contributed by atoms with E-state index in [1.54, 1.807) is 0 Å². The van der Waals surface area contributed by atoms with E-state index in [1.165, 1.54) is 0 Å². The first kappa shape index (κ1) is 8.74. The van der Waals surface area contributed by atoms with Crippen LogP contribution < -0.4 is 5.73 Å². The second kappa shape index (κ2) is 2.32. The van der Waals surface area contributed by atoms with Gasteiger partial charge in [0.15, 0.2) is 0 Å². The van der Waals surface area contributed by atoms with Gasteiger partial charge in [0.1, 0.15) is 0 Å². The van der Waals surface area contributed by atoms with Crippen molar-refractivity contribution in [2.24, 2.45) is 11.7 Å². The van der Waals surface area contributed by atoms with Crippen LogP contribution in [0.25, 0.3) is 0 Å². The zero-order chi connectivity index (χ0) is 7.99. The maximum absolute atomic E-state index is 9.51. The van der Waals surface area contributed by atoms with Crippen LogP contribution in [0.5, 0.6) is 0 Å². The Bertz CT molecular complexity index is 131. The first-order valence-corrected chi connectivity index (χ1v) is 4.59. The number of hydrogen-bond acceptors (Lipinski definition) is 2. The van der Waals surface area contributed by atoms with Crippen molar-refractivity contribution < 1.29 is 5.11 Å². The number of nitrogens with two attached hydrogens (primary N) is 1. The fraction of sp³-hybridized carbons (Fsp3) is 1.00. The average molecular weight is 255 g/mol. The first-order chi connectivity index (χ1) is 4.31. The Labute approximate surface area is 75.3 Å². The van der Waals surface area contributed by atoms with Crippen LogP contribution in [-0.4, -0.2) is 14.3 Å². The van der Waals surface area contributed by atoms with Crippen molar-refractivity contribution in [2.45, 2.75) is 35.8 Å². The summed E-state index contributed by atoms with van der Waals surface area (Å²) in [6, 6.07) is 0. The summed E-state index contributed by atoms with van der Waals surface area (Å²) in [5.74, 6) is 0.398. The molecule has 0 bridgehead atoms. The van der Waals surface area contributed by atoms with Gasteiger partial charge < -0.3 is 10.8 Å². The summed E-state index contributed by atoms with van der Waals surface area (Å²) in [6.45, 7) is 3.70. The monoisotopic (exact) mass is 255 g/mol. The van der Waals surface area contributed by atoms with Crippen molar-refractivity contribution in [1.82, 2.24) is 0 Å². The number of rotatable bonds is 1. The normalized spacial score (nSPS) is 41.1. The fourth-order valence-corrected chi connectivity index (χ4v) is 2.32. The number of alkyl halides is 1. The molecule has 0 saturated heterocycles. The van der Waals surface area contributed by atoms with Crippen LogP contribution in [0.2, 0.25) is 0 Å². The molecule has 0 radical (unpaired) electrons. The highest BCUT2D eigenvalue weighted by atomic mass is 127. The molecule has 1 rings (SSSR count). The highest BCUT2D eigenvalue weighted by Gasteiger charge is 2.45. The van der Waals surface area contributed by atoms with E-state index in [0.29, 0.717) is 5.92 Å². The Hall–Kier alpha value is 0.650.